The van der Waals surface area contributed by atoms with Crippen molar-refractivity contribution in [1.82, 2.24) is 9.88 Å². The van der Waals surface area contributed by atoms with E-state index in [-0.39, 0.29) is 29.9 Å². The number of nitrogens with two attached hydrogens (primary N) is 1. The number of thiazole rings is 1. The lowest BCUT2D eigenvalue weighted by Gasteiger charge is -2.30. The second-order valence-electron chi connectivity index (χ2n) is 6.58. The van der Waals surface area contributed by atoms with Gasteiger partial charge in [-0.2, -0.15) is 0 Å². The number of likely N-dealkylation sites (tertiary alicyclic amines) is 1. The Kier molecular flexibility index (Phi) is 6.26. The third kappa shape index (κ3) is 6.08. The molecule has 2 heterocycles. The highest BCUT2D eigenvalue weighted by Crippen LogP contribution is 2.26. The summed E-state index contributed by atoms with van der Waals surface area (Å²) in [6, 6.07) is 5.28. The molecule has 156 valence electrons. The number of ether oxygens (including phenoxy) is 1. The molecule has 0 bridgehead atoms. The van der Waals surface area contributed by atoms with Gasteiger partial charge >= 0.3 is 6.36 Å². The first-order chi connectivity index (χ1) is 13.7. The van der Waals surface area contributed by atoms with Crippen LogP contribution < -0.4 is 15.8 Å². The maximum Gasteiger partial charge on any atom is 0.573 e. The zero-order valence-electron chi connectivity index (χ0n) is 15.2. The summed E-state index contributed by atoms with van der Waals surface area (Å²) >= 11 is 1.29. The van der Waals surface area contributed by atoms with Gasteiger partial charge in [0.05, 0.1) is 12.1 Å². The first kappa shape index (κ1) is 20.9. The first-order valence-corrected chi connectivity index (χ1v) is 9.72. The fourth-order valence-electron chi connectivity index (χ4n) is 2.99. The van der Waals surface area contributed by atoms with Crippen LogP contribution in [0.4, 0.5) is 24.0 Å². The van der Waals surface area contributed by atoms with Crippen LogP contribution in [0, 0.1) is 5.92 Å². The Bertz CT molecular complexity index is 862. The molecule has 1 aliphatic heterocycles. The van der Waals surface area contributed by atoms with Crippen molar-refractivity contribution >= 4 is 34.0 Å². The monoisotopic (exact) mass is 428 g/mol. The number of nitrogens with one attached hydrogen (secondary N) is 1. The maximum absolute atomic E-state index is 12.4. The molecule has 3 rings (SSSR count). The summed E-state index contributed by atoms with van der Waals surface area (Å²) < 4.78 is 40.4. The zero-order chi connectivity index (χ0) is 21.0. The minimum absolute atomic E-state index is 0.0709. The molecule has 2 amide bonds. The summed E-state index contributed by atoms with van der Waals surface area (Å²) in [7, 11) is 0. The minimum atomic E-state index is -4.74. The highest BCUT2D eigenvalue weighted by molar-refractivity contribution is 7.13. The van der Waals surface area contributed by atoms with Crippen LogP contribution in [0.3, 0.4) is 0 Å². The van der Waals surface area contributed by atoms with E-state index in [1.54, 1.807) is 10.3 Å². The molecule has 3 N–H and O–H groups in total. The first-order valence-electron chi connectivity index (χ1n) is 8.84. The van der Waals surface area contributed by atoms with Crippen molar-refractivity contribution in [3.05, 3.63) is 35.3 Å². The van der Waals surface area contributed by atoms with Crippen molar-refractivity contribution < 1.29 is 27.5 Å². The van der Waals surface area contributed by atoms with Gasteiger partial charge in [-0.15, -0.1) is 24.5 Å². The maximum atomic E-state index is 12.4. The van der Waals surface area contributed by atoms with Gasteiger partial charge in [0.15, 0.2) is 5.13 Å². The van der Waals surface area contributed by atoms with Crippen LogP contribution in [-0.2, 0) is 16.0 Å². The molecule has 7 nitrogen and oxygen atoms in total. The van der Waals surface area contributed by atoms with Crippen LogP contribution in [0.1, 0.15) is 18.5 Å². The fraction of sp³-hybridized carbons (Fsp3) is 0.389. The number of anilines is 2. The van der Waals surface area contributed by atoms with Gasteiger partial charge in [-0.1, -0.05) is 0 Å². The highest BCUT2D eigenvalue weighted by Gasteiger charge is 2.31. The molecule has 0 unspecified atom stereocenters. The molecule has 0 saturated carbocycles. The number of piperidine rings is 1. The van der Waals surface area contributed by atoms with Gasteiger partial charge in [0.1, 0.15) is 5.75 Å². The van der Waals surface area contributed by atoms with Gasteiger partial charge in [-0.05, 0) is 37.1 Å². The van der Waals surface area contributed by atoms with E-state index in [4.69, 9.17) is 5.73 Å². The highest BCUT2D eigenvalue weighted by atomic mass is 32.1. The number of hydrogen-bond donors (Lipinski definition) is 2. The molecule has 1 fully saturated rings. The van der Waals surface area contributed by atoms with Crippen LogP contribution in [0.5, 0.6) is 5.75 Å². The minimum Gasteiger partial charge on any atom is -0.406 e. The van der Waals surface area contributed by atoms with E-state index in [0.717, 1.165) is 0 Å². The molecule has 11 heteroatoms. The van der Waals surface area contributed by atoms with Crippen LogP contribution >= 0.6 is 11.3 Å². The second kappa shape index (κ2) is 8.68. The molecule has 0 spiro atoms. The van der Waals surface area contributed by atoms with E-state index in [1.165, 1.54) is 35.6 Å². The van der Waals surface area contributed by atoms with Crippen molar-refractivity contribution in [2.45, 2.75) is 25.6 Å². The third-order valence-electron chi connectivity index (χ3n) is 4.47. The Balaban J connectivity index is 1.52. The molecular weight excluding hydrogens is 409 g/mol. The molecule has 2 aromatic rings. The topological polar surface area (TPSA) is 97.6 Å². The molecule has 1 aliphatic rings. The number of amides is 2. The lowest BCUT2D eigenvalue weighted by Crippen LogP contribution is -2.42. The van der Waals surface area contributed by atoms with Gasteiger partial charge in [0, 0.05) is 30.1 Å². The number of nitrogens with zero attached hydrogens (tertiary/aromatic N) is 2. The molecule has 1 aromatic carbocycles. The van der Waals surface area contributed by atoms with Crippen molar-refractivity contribution in [1.29, 1.82) is 0 Å². The number of halogens is 3. The van der Waals surface area contributed by atoms with Crippen LogP contribution in [-0.4, -0.2) is 41.2 Å². The van der Waals surface area contributed by atoms with Crippen LogP contribution in [0.25, 0.3) is 0 Å². The molecular formula is C18H19F3N4O3S. The van der Waals surface area contributed by atoms with E-state index in [1.807, 2.05) is 0 Å². The summed E-state index contributed by atoms with van der Waals surface area (Å²) in [5.74, 6) is -0.889. The van der Waals surface area contributed by atoms with Gasteiger partial charge in [0.2, 0.25) is 11.8 Å². The van der Waals surface area contributed by atoms with Crippen molar-refractivity contribution in [3.8, 4) is 5.75 Å². The standard InChI is InChI=1S/C18H19F3N4O3S/c19-18(20,21)28-14-3-1-12(2-4-14)23-17-24-13(10-29-17)9-15(26)25-7-5-11(6-8-25)16(22)27/h1-4,10-11H,5-9H2,(H2,22,27)(H,23,24). The summed E-state index contributed by atoms with van der Waals surface area (Å²) in [6.45, 7) is 0.988. The average Bonchev–Trinajstić information content (AvgIpc) is 3.09. The summed E-state index contributed by atoms with van der Waals surface area (Å²) in [5, 5.41) is 5.25. The molecule has 29 heavy (non-hydrogen) atoms. The van der Waals surface area contributed by atoms with E-state index in [9.17, 15) is 22.8 Å². The Morgan fingerprint density at radius 1 is 1.24 bits per heavy atom. The number of aromatic nitrogens is 1. The van der Waals surface area contributed by atoms with Gasteiger partial charge in [-0.25, -0.2) is 4.98 Å². The Labute approximate surface area is 168 Å². The number of primary amides is 1. The Morgan fingerprint density at radius 3 is 2.48 bits per heavy atom. The number of alkyl halides is 3. The smallest absolute Gasteiger partial charge is 0.406 e. The largest absolute Gasteiger partial charge is 0.573 e. The van der Waals surface area contributed by atoms with Crippen molar-refractivity contribution in [2.24, 2.45) is 11.7 Å². The lowest BCUT2D eigenvalue weighted by molar-refractivity contribution is -0.274. The van der Waals surface area contributed by atoms with Crippen LogP contribution in [0.15, 0.2) is 29.6 Å². The van der Waals surface area contributed by atoms with Crippen molar-refractivity contribution in [2.75, 3.05) is 18.4 Å². The molecule has 0 aliphatic carbocycles. The predicted octanol–water partition coefficient (Wildman–Crippen LogP) is 3.05. The predicted molar refractivity (Wildman–Crippen MR) is 101 cm³/mol. The fourth-order valence-corrected chi connectivity index (χ4v) is 3.72. The zero-order valence-corrected chi connectivity index (χ0v) is 16.1. The summed E-state index contributed by atoms with van der Waals surface area (Å²) in [6.07, 6.45) is -3.46. The van der Waals surface area contributed by atoms with Gasteiger partial charge < -0.3 is 20.7 Å². The SMILES string of the molecule is NC(=O)C1CCN(C(=O)Cc2csc(Nc3ccc(OC(F)(F)F)cc3)n2)CC1. The average molecular weight is 428 g/mol. The molecule has 0 atom stereocenters. The van der Waals surface area contributed by atoms with Gasteiger partial charge in [-0.3, -0.25) is 9.59 Å². The summed E-state index contributed by atoms with van der Waals surface area (Å²) in [4.78, 5) is 29.7. The molecule has 1 saturated heterocycles. The number of carbonyl (C=O) groups excluding carboxylic acids is 2. The molecule has 1 aromatic heterocycles. The number of benzene rings is 1. The van der Waals surface area contributed by atoms with E-state index < -0.39 is 6.36 Å². The normalized spacial score (nSPS) is 15.2. The number of carbonyl (C=O) groups is 2. The quantitative estimate of drug-likeness (QED) is 0.737. The molecule has 0 radical (unpaired) electrons. The lowest BCUT2D eigenvalue weighted by atomic mass is 9.96. The summed E-state index contributed by atoms with van der Waals surface area (Å²) in [5.41, 5.74) is 6.43. The third-order valence-corrected chi connectivity index (χ3v) is 5.28. The van der Waals surface area contributed by atoms with Crippen LogP contribution in [0.2, 0.25) is 0 Å². The van der Waals surface area contributed by atoms with E-state index in [0.29, 0.717) is 42.4 Å². The number of rotatable bonds is 6. The Hall–Kier alpha value is -2.82. The van der Waals surface area contributed by atoms with E-state index in [2.05, 4.69) is 15.0 Å². The number of hydrogen-bond acceptors (Lipinski definition) is 6. The Morgan fingerprint density at radius 2 is 1.90 bits per heavy atom. The second-order valence-corrected chi connectivity index (χ2v) is 7.43. The van der Waals surface area contributed by atoms with E-state index >= 15 is 0 Å². The van der Waals surface area contributed by atoms with Crippen molar-refractivity contribution in [3.63, 3.8) is 0 Å². The van der Waals surface area contributed by atoms with Gasteiger partial charge in [0.25, 0.3) is 0 Å².